The molecule has 0 radical (unpaired) electrons. The van der Waals surface area contributed by atoms with Crippen molar-refractivity contribution in [1.29, 1.82) is 0 Å². The minimum atomic E-state index is -1.03. The summed E-state index contributed by atoms with van der Waals surface area (Å²) in [6.07, 6.45) is -0.0324. The lowest BCUT2D eigenvalue weighted by Gasteiger charge is -2.32. The summed E-state index contributed by atoms with van der Waals surface area (Å²) in [6.45, 7) is 6.92. The van der Waals surface area contributed by atoms with Gasteiger partial charge in [0.15, 0.2) is 0 Å². The number of rotatable bonds is 17. The second-order valence-corrected chi connectivity index (χ2v) is 10.6. The van der Waals surface area contributed by atoms with E-state index in [4.69, 9.17) is 9.47 Å². The van der Waals surface area contributed by atoms with Gasteiger partial charge in [-0.15, -0.1) is 25.1 Å². The van der Waals surface area contributed by atoms with E-state index in [0.29, 0.717) is 18.4 Å². The summed E-state index contributed by atoms with van der Waals surface area (Å²) in [5.74, 6) is -1.20. The molecule has 3 aromatic rings. The van der Waals surface area contributed by atoms with Gasteiger partial charge in [-0.05, 0) is 41.2 Å². The van der Waals surface area contributed by atoms with Crippen LogP contribution in [0, 0.1) is 16.0 Å². The molecular formula is C30H38N6O9. The van der Waals surface area contributed by atoms with E-state index >= 15 is 0 Å². The summed E-state index contributed by atoms with van der Waals surface area (Å²) >= 11 is 0. The van der Waals surface area contributed by atoms with E-state index in [1.807, 2.05) is 55.5 Å². The number of aromatic nitrogens is 4. The maximum Gasteiger partial charge on any atom is 0.510 e. The van der Waals surface area contributed by atoms with E-state index in [-0.39, 0.29) is 43.8 Å². The molecule has 0 saturated heterocycles. The number of amides is 1. The summed E-state index contributed by atoms with van der Waals surface area (Å²) in [6, 6.07) is 14.0. The zero-order chi connectivity index (χ0) is 32.9. The second kappa shape index (κ2) is 16.7. The first kappa shape index (κ1) is 34.4. The van der Waals surface area contributed by atoms with Gasteiger partial charge in [0.05, 0.1) is 13.2 Å². The summed E-state index contributed by atoms with van der Waals surface area (Å²) in [5, 5.41) is 31.6. The van der Waals surface area contributed by atoms with Crippen LogP contribution in [0.2, 0.25) is 0 Å². The van der Waals surface area contributed by atoms with Gasteiger partial charge in [-0.1, -0.05) is 75.7 Å². The SMILES string of the molecule is CCCCC(=O)N(Cc1ccc(-c2ccccc2-c2nnn(C(C)OC(=O)OCCCO[N+](=O)[O-])n2)cc1)[C@@H](C(=O)O)C(C)C. The molecule has 2 aromatic carbocycles. The van der Waals surface area contributed by atoms with Gasteiger partial charge in [0.1, 0.15) is 6.04 Å². The molecule has 2 atom stereocenters. The van der Waals surface area contributed by atoms with Gasteiger partial charge in [-0.25, -0.2) is 9.59 Å². The lowest BCUT2D eigenvalue weighted by molar-refractivity contribution is -0.757. The largest absolute Gasteiger partial charge is 0.510 e. The van der Waals surface area contributed by atoms with Crippen molar-refractivity contribution in [2.45, 2.75) is 72.2 Å². The molecule has 0 aliphatic carbocycles. The molecular weight excluding hydrogens is 588 g/mol. The molecule has 1 N–H and O–H groups in total. The maximum atomic E-state index is 13.0. The Morgan fingerprint density at radius 3 is 2.33 bits per heavy atom. The van der Waals surface area contributed by atoms with Crippen LogP contribution in [-0.4, -0.2) is 72.6 Å². The van der Waals surface area contributed by atoms with E-state index in [9.17, 15) is 29.6 Å². The Balaban J connectivity index is 1.73. The van der Waals surface area contributed by atoms with Crippen LogP contribution >= 0.6 is 0 Å². The molecule has 0 fully saturated rings. The third-order valence-corrected chi connectivity index (χ3v) is 6.80. The fourth-order valence-corrected chi connectivity index (χ4v) is 4.57. The first-order valence-electron chi connectivity index (χ1n) is 14.6. The molecule has 3 rings (SSSR count). The summed E-state index contributed by atoms with van der Waals surface area (Å²) in [4.78, 5) is 53.9. The van der Waals surface area contributed by atoms with Gasteiger partial charge in [-0.2, -0.15) is 0 Å². The number of ether oxygens (including phenoxy) is 2. The predicted octanol–water partition coefficient (Wildman–Crippen LogP) is 4.91. The minimum Gasteiger partial charge on any atom is -0.480 e. The Kier molecular flexibility index (Phi) is 12.8. The van der Waals surface area contributed by atoms with Crippen molar-refractivity contribution < 1.29 is 38.9 Å². The third kappa shape index (κ3) is 9.98. The summed E-state index contributed by atoms with van der Waals surface area (Å²) in [5.41, 5.74) is 3.09. The van der Waals surface area contributed by atoms with Gasteiger partial charge in [0, 0.05) is 24.9 Å². The van der Waals surface area contributed by atoms with Gasteiger partial charge in [-0.3, -0.25) is 4.79 Å². The normalized spacial score (nSPS) is 12.3. The number of aliphatic carboxylic acids is 1. The average molecular weight is 627 g/mol. The lowest BCUT2D eigenvalue weighted by Crippen LogP contribution is -2.47. The Labute approximate surface area is 260 Å². The Morgan fingerprint density at radius 1 is 1.02 bits per heavy atom. The molecule has 15 nitrogen and oxygen atoms in total. The highest BCUT2D eigenvalue weighted by molar-refractivity contribution is 5.84. The second-order valence-electron chi connectivity index (χ2n) is 10.6. The van der Waals surface area contributed by atoms with Crippen LogP contribution in [0.1, 0.15) is 65.2 Å². The van der Waals surface area contributed by atoms with Crippen molar-refractivity contribution >= 4 is 18.0 Å². The molecule has 0 saturated carbocycles. The topological polar surface area (TPSA) is 189 Å². The predicted molar refractivity (Wildman–Crippen MR) is 160 cm³/mol. The highest BCUT2D eigenvalue weighted by Gasteiger charge is 2.32. The minimum absolute atomic E-state index is 0.115. The highest BCUT2D eigenvalue weighted by Crippen LogP contribution is 2.30. The first-order valence-corrected chi connectivity index (χ1v) is 14.6. The number of benzene rings is 2. The molecule has 0 aliphatic rings. The van der Waals surface area contributed by atoms with Crippen LogP contribution in [0.15, 0.2) is 48.5 Å². The monoisotopic (exact) mass is 626 g/mol. The molecule has 0 bridgehead atoms. The third-order valence-electron chi connectivity index (χ3n) is 6.80. The van der Waals surface area contributed by atoms with Gasteiger partial charge >= 0.3 is 12.1 Å². The molecule has 1 amide bonds. The number of nitrogens with zero attached hydrogens (tertiary/aromatic N) is 6. The van der Waals surface area contributed by atoms with E-state index in [1.54, 1.807) is 13.8 Å². The summed E-state index contributed by atoms with van der Waals surface area (Å²) in [7, 11) is 0. The summed E-state index contributed by atoms with van der Waals surface area (Å²) < 4.78 is 10.0. The Morgan fingerprint density at radius 2 is 1.71 bits per heavy atom. The quantitative estimate of drug-likeness (QED) is 0.0924. The zero-order valence-electron chi connectivity index (χ0n) is 25.7. The molecule has 45 heavy (non-hydrogen) atoms. The maximum absolute atomic E-state index is 13.0. The van der Waals surface area contributed by atoms with Crippen molar-refractivity contribution in [3.05, 3.63) is 64.2 Å². The lowest BCUT2D eigenvalue weighted by atomic mass is 9.97. The molecule has 242 valence electrons. The van der Waals surface area contributed by atoms with Crippen molar-refractivity contribution in [2.75, 3.05) is 13.2 Å². The number of carboxylic acid groups (broad SMARTS) is 1. The van der Waals surface area contributed by atoms with Crippen molar-refractivity contribution in [3.8, 4) is 22.5 Å². The fourth-order valence-electron chi connectivity index (χ4n) is 4.57. The first-order chi connectivity index (χ1) is 21.5. The number of carbonyl (C=O) groups is 3. The molecule has 1 heterocycles. The van der Waals surface area contributed by atoms with E-state index in [0.717, 1.165) is 27.9 Å². The van der Waals surface area contributed by atoms with Gasteiger partial charge in [0.2, 0.25) is 18.0 Å². The number of hydrogen-bond donors (Lipinski definition) is 1. The fraction of sp³-hybridized carbons (Fsp3) is 0.467. The smallest absolute Gasteiger partial charge is 0.480 e. The van der Waals surface area contributed by atoms with Crippen molar-refractivity contribution in [1.82, 2.24) is 25.1 Å². The number of carbonyl (C=O) groups excluding carboxylic acids is 2. The molecule has 15 heteroatoms. The zero-order valence-corrected chi connectivity index (χ0v) is 25.7. The van der Waals surface area contributed by atoms with Crippen LogP contribution in [0.4, 0.5) is 4.79 Å². The Bertz CT molecular complexity index is 1440. The number of unbranched alkanes of at least 4 members (excludes halogenated alkanes) is 1. The van der Waals surface area contributed by atoms with Gasteiger partial charge < -0.3 is 24.3 Å². The van der Waals surface area contributed by atoms with Gasteiger partial charge in [0.25, 0.3) is 5.09 Å². The number of carboxylic acids is 1. The number of hydrogen-bond acceptors (Lipinski definition) is 11. The van der Waals surface area contributed by atoms with E-state index in [1.165, 1.54) is 11.8 Å². The molecule has 1 aromatic heterocycles. The standard InChI is InChI=1S/C30H38N6O9/c1-5-6-12-26(37)34(27(20(2)3)29(38)39)19-22-13-15-23(16-14-22)24-10-7-8-11-25(24)28-31-33-35(32-28)21(4)45-30(40)43-17-9-18-44-36(41)42/h7-8,10-11,13-16,20-21,27H,5-6,9,12,17-19H2,1-4H3,(H,38,39)/t21?,27-/m1/s1. The van der Waals surface area contributed by atoms with Crippen LogP contribution in [0.5, 0.6) is 0 Å². The van der Waals surface area contributed by atoms with Crippen LogP contribution in [-0.2, 0) is 30.4 Å². The number of tetrazole rings is 1. The van der Waals surface area contributed by atoms with Crippen molar-refractivity contribution in [3.63, 3.8) is 0 Å². The molecule has 0 spiro atoms. The van der Waals surface area contributed by atoms with E-state index < -0.39 is 29.5 Å². The van der Waals surface area contributed by atoms with Crippen LogP contribution < -0.4 is 0 Å². The van der Waals surface area contributed by atoms with Crippen LogP contribution in [0.3, 0.4) is 0 Å². The Hall–Kier alpha value is -5.08. The van der Waals surface area contributed by atoms with Crippen LogP contribution in [0.25, 0.3) is 22.5 Å². The molecule has 1 unspecified atom stereocenters. The molecule has 0 aliphatic heterocycles. The van der Waals surface area contributed by atoms with E-state index in [2.05, 4.69) is 20.2 Å². The van der Waals surface area contributed by atoms with Crippen molar-refractivity contribution in [2.24, 2.45) is 5.92 Å². The highest BCUT2D eigenvalue weighted by atomic mass is 16.9. The average Bonchev–Trinajstić information content (AvgIpc) is 3.50.